The normalized spacial score (nSPS) is 10.1. The molecule has 0 fully saturated rings. The molecule has 0 atom stereocenters. The minimum Gasteiger partial charge on any atom is -0.505 e. The molecule has 92 valence electrons. The van der Waals surface area contributed by atoms with Gasteiger partial charge in [0.15, 0.2) is 5.69 Å². The van der Waals surface area contributed by atoms with Crippen LogP contribution >= 0.6 is 0 Å². The third-order valence-electron chi connectivity index (χ3n) is 2.32. The van der Waals surface area contributed by atoms with Gasteiger partial charge in [0.2, 0.25) is 5.95 Å². The summed E-state index contributed by atoms with van der Waals surface area (Å²) in [7, 11) is 0. The highest BCUT2D eigenvalue weighted by Crippen LogP contribution is 2.13. The Morgan fingerprint density at radius 2 is 2.06 bits per heavy atom. The van der Waals surface area contributed by atoms with Gasteiger partial charge in [0.25, 0.3) is 5.91 Å². The second-order valence-corrected chi connectivity index (χ2v) is 3.63. The molecule has 1 amide bonds. The molecule has 0 saturated carbocycles. The van der Waals surface area contributed by atoms with Crippen LogP contribution in [0.25, 0.3) is 0 Å². The zero-order chi connectivity index (χ0) is 13.1. The van der Waals surface area contributed by atoms with Crippen LogP contribution in [0.5, 0.6) is 5.75 Å². The zero-order valence-corrected chi connectivity index (χ0v) is 9.88. The van der Waals surface area contributed by atoms with Gasteiger partial charge in [-0.05, 0) is 26.0 Å². The summed E-state index contributed by atoms with van der Waals surface area (Å²) < 4.78 is 0. The van der Waals surface area contributed by atoms with E-state index in [1.54, 1.807) is 13.8 Å². The third kappa shape index (κ3) is 2.40. The lowest BCUT2D eigenvalue weighted by atomic mass is 10.3. The van der Waals surface area contributed by atoms with Crippen molar-refractivity contribution in [3.8, 4) is 5.75 Å². The van der Waals surface area contributed by atoms with Crippen molar-refractivity contribution in [2.45, 2.75) is 13.8 Å². The van der Waals surface area contributed by atoms with Gasteiger partial charge in [0.05, 0.1) is 11.4 Å². The molecule has 7 heteroatoms. The molecule has 2 rings (SSSR count). The summed E-state index contributed by atoms with van der Waals surface area (Å²) >= 11 is 0. The number of carbonyl (C=O) groups is 1. The summed E-state index contributed by atoms with van der Waals surface area (Å²) in [6, 6.07) is 2.90. The van der Waals surface area contributed by atoms with Crippen molar-refractivity contribution in [2.24, 2.45) is 0 Å². The van der Waals surface area contributed by atoms with E-state index in [1.165, 1.54) is 18.3 Å². The van der Waals surface area contributed by atoms with Gasteiger partial charge in [-0.25, -0.2) is 9.97 Å². The van der Waals surface area contributed by atoms with E-state index in [9.17, 15) is 9.90 Å². The number of nitrogens with zero attached hydrogens (tertiary/aromatic N) is 4. The molecule has 2 N–H and O–H groups in total. The number of hydrogen-bond acceptors (Lipinski definition) is 6. The molecule has 2 heterocycles. The van der Waals surface area contributed by atoms with Gasteiger partial charge in [-0.15, -0.1) is 5.10 Å². The van der Waals surface area contributed by atoms with E-state index < -0.39 is 5.91 Å². The molecule has 7 nitrogen and oxygen atoms in total. The molecule has 18 heavy (non-hydrogen) atoms. The molecule has 0 spiro atoms. The Balaban J connectivity index is 2.22. The van der Waals surface area contributed by atoms with Gasteiger partial charge in [0.1, 0.15) is 5.75 Å². The number of anilines is 1. The van der Waals surface area contributed by atoms with Crippen molar-refractivity contribution in [1.82, 2.24) is 20.2 Å². The number of rotatable bonds is 2. The predicted molar refractivity (Wildman–Crippen MR) is 63.2 cm³/mol. The number of amides is 1. The van der Waals surface area contributed by atoms with E-state index in [0.29, 0.717) is 11.4 Å². The Labute approximate surface area is 103 Å². The standard InChI is InChI=1S/C11H11N5O2/c1-6-7(2)15-16-11(13-6)14-10(18)9-8(17)4-3-5-12-9/h3-5,17H,1-2H3,(H,13,14,16,18). The van der Waals surface area contributed by atoms with Crippen LogP contribution in [-0.4, -0.2) is 31.2 Å². The monoisotopic (exact) mass is 245 g/mol. The molecule has 0 aromatic carbocycles. The Hall–Kier alpha value is -2.57. The number of aromatic nitrogens is 4. The van der Waals surface area contributed by atoms with Crippen LogP contribution in [-0.2, 0) is 0 Å². The second kappa shape index (κ2) is 4.74. The van der Waals surface area contributed by atoms with Crippen LogP contribution in [0.4, 0.5) is 5.95 Å². The average Bonchev–Trinajstić information content (AvgIpc) is 2.34. The number of aromatic hydroxyl groups is 1. The lowest BCUT2D eigenvalue weighted by molar-refractivity contribution is 0.101. The maximum atomic E-state index is 11.8. The average molecular weight is 245 g/mol. The number of nitrogens with one attached hydrogen (secondary N) is 1. The van der Waals surface area contributed by atoms with Gasteiger partial charge in [-0.1, -0.05) is 0 Å². The minimum absolute atomic E-state index is 0.0770. The quantitative estimate of drug-likeness (QED) is 0.813. The van der Waals surface area contributed by atoms with Crippen molar-refractivity contribution >= 4 is 11.9 Å². The van der Waals surface area contributed by atoms with E-state index in [2.05, 4.69) is 25.5 Å². The second-order valence-electron chi connectivity index (χ2n) is 3.63. The van der Waals surface area contributed by atoms with Crippen molar-refractivity contribution in [2.75, 3.05) is 5.32 Å². The summed E-state index contributed by atoms with van der Waals surface area (Å²) in [5.41, 5.74) is 1.28. The van der Waals surface area contributed by atoms with E-state index in [4.69, 9.17) is 0 Å². The van der Waals surface area contributed by atoms with E-state index in [0.717, 1.165) is 0 Å². The largest absolute Gasteiger partial charge is 0.505 e. The fourth-order valence-electron chi connectivity index (χ4n) is 1.24. The Morgan fingerprint density at radius 1 is 1.28 bits per heavy atom. The maximum Gasteiger partial charge on any atom is 0.280 e. The summed E-state index contributed by atoms with van der Waals surface area (Å²) in [5, 5.41) is 19.5. The Bertz CT molecular complexity index is 600. The molecular formula is C11H11N5O2. The fraction of sp³-hybridized carbons (Fsp3) is 0.182. The number of aryl methyl sites for hydroxylation is 2. The fourth-order valence-corrected chi connectivity index (χ4v) is 1.24. The number of pyridine rings is 1. The SMILES string of the molecule is Cc1nnc(NC(=O)c2ncccc2O)nc1C. The molecule has 0 aliphatic heterocycles. The van der Waals surface area contributed by atoms with Crippen molar-refractivity contribution < 1.29 is 9.90 Å². The lowest BCUT2D eigenvalue weighted by Crippen LogP contribution is -2.17. The van der Waals surface area contributed by atoms with Crippen molar-refractivity contribution in [3.63, 3.8) is 0 Å². The molecule has 2 aromatic rings. The molecule has 0 aliphatic rings. The summed E-state index contributed by atoms with van der Waals surface area (Å²) in [6.45, 7) is 3.53. The maximum absolute atomic E-state index is 11.8. The smallest absolute Gasteiger partial charge is 0.280 e. The van der Waals surface area contributed by atoms with Crippen LogP contribution in [0, 0.1) is 13.8 Å². The Morgan fingerprint density at radius 3 is 2.72 bits per heavy atom. The lowest BCUT2D eigenvalue weighted by Gasteiger charge is -2.05. The first-order valence-electron chi connectivity index (χ1n) is 5.21. The molecule has 2 aromatic heterocycles. The molecule has 0 bridgehead atoms. The predicted octanol–water partition coefficient (Wildman–Crippen LogP) is 0.841. The first-order valence-corrected chi connectivity index (χ1v) is 5.21. The molecule has 0 aliphatic carbocycles. The van der Waals surface area contributed by atoms with E-state index in [1.807, 2.05) is 0 Å². The summed E-state index contributed by atoms with van der Waals surface area (Å²) in [4.78, 5) is 19.6. The summed E-state index contributed by atoms with van der Waals surface area (Å²) in [6.07, 6.45) is 1.41. The number of hydrogen-bond donors (Lipinski definition) is 2. The van der Waals surface area contributed by atoms with E-state index in [-0.39, 0.29) is 17.4 Å². The molecule has 0 radical (unpaired) electrons. The number of carbonyl (C=O) groups excluding carboxylic acids is 1. The zero-order valence-electron chi connectivity index (χ0n) is 9.88. The van der Waals surface area contributed by atoms with Crippen molar-refractivity contribution in [3.05, 3.63) is 35.4 Å². The third-order valence-corrected chi connectivity index (χ3v) is 2.32. The Kier molecular flexibility index (Phi) is 3.13. The topological polar surface area (TPSA) is 101 Å². The van der Waals surface area contributed by atoms with Crippen molar-refractivity contribution in [1.29, 1.82) is 0 Å². The minimum atomic E-state index is -0.585. The van der Waals surface area contributed by atoms with Gasteiger partial charge in [-0.2, -0.15) is 5.10 Å². The first-order chi connectivity index (χ1) is 8.58. The van der Waals surface area contributed by atoms with Crippen LogP contribution in [0.3, 0.4) is 0 Å². The van der Waals surface area contributed by atoms with Crippen LogP contribution < -0.4 is 5.32 Å². The van der Waals surface area contributed by atoms with Crippen LogP contribution in [0.15, 0.2) is 18.3 Å². The van der Waals surface area contributed by atoms with Crippen LogP contribution in [0.1, 0.15) is 21.9 Å². The van der Waals surface area contributed by atoms with Crippen LogP contribution in [0.2, 0.25) is 0 Å². The van der Waals surface area contributed by atoms with E-state index >= 15 is 0 Å². The molecular weight excluding hydrogens is 234 g/mol. The van der Waals surface area contributed by atoms with Gasteiger partial charge < -0.3 is 5.11 Å². The summed E-state index contributed by atoms with van der Waals surface area (Å²) in [5.74, 6) is -0.710. The molecule has 0 unspecified atom stereocenters. The highest BCUT2D eigenvalue weighted by Gasteiger charge is 2.14. The highest BCUT2D eigenvalue weighted by molar-refractivity contribution is 6.03. The van der Waals surface area contributed by atoms with Gasteiger partial charge in [0, 0.05) is 6.20 Å². The van der Waals surface area contributed by atoms with Gasteiger partial charge >= 0.3 is 0 Å². The molecule has 0 saturated heterocycles. The first kappa shape index (κ1) is 11.9. The highest BCUT2D eigenvalue weighted by atomic mass is 16.3. The van der Waals surface area contributed by atoms with Gasteiger partial charge in [-0.3, -0.25) is 10.1 Å².